The van der Waals surface area contributed by atoms with Crippen LogP contribution in [0.2, 0.25) is 18.1 Å². The van der Waals surface area contributed by atoms with Gasteiger partial charge in [0.15, 0.2) is 8.32 Å². The summed E-state index contributed by atoms with van der Waals surface area (Å²) in [7, 11) is 1.33. The average molecular weight is 573 g/mol. The minimum absolute atomic E-state index is 0.0944. The van der Waals surface area contributed by atoms with E-state index in [4.69, 9.17) is 28.1 Å². The second kappa shape index (κ2) is 16.0. The third-order valence-electron chi connectivity index (χ3n) is 7.27. The predicted octanol–water partition coefficient (Wildman–Crippen LogP) is 7.10. The van der Waals surface area contributed by atoms with Crippen LogP contribution >= 0.6 is 0 Å². The summed E-state index contributed by atoms with van der Waals surface area (Å²) in [6.45, 7) is 16.2. The van der Waals surface area contributed by atoms with E-state index < -0.39 is 14.4 Å². The number of rotatable bonds is 16. The van der Waals surface area contributed by atoms with Gasteiger partial charge in [-0.3, -0.25) is 0 Å². The normalized spacial score (nSPS) is 14.0. The van der Waals surface area contributed by atoms with E-state index in [2.05, 4.69) is 33.9 Å². The van der Waals surface area contributed by atoms with Gasteiger partial charge in [0, 0.05) is 12.2 Å². The summed E-state index contributed by atoms with van der Waals surface area (Å²) in [6.07, 6.45) is 1.54. The van der Waals surface area contributed by atoms with Gasteiger partial charge in [-0.1, -0.05) is 45.0 Å². The molecule has 0 N–H and O–H groups in total. The van der Waals surface area contributed by atoms with Gasteiger partial charge in [0.25, 0.3) is 0 Å². The first kappa shape index (κ1) is 33.6. The molecule has 0 saturated carbocycles. The molecule has 40 heavy (non-hydrogen) atoms. The van der Waals surface area contributed by atoms with Gasteiger partial charge < -0.3 is 28.1 Å². The van der Waals surface area contributed by atoms with Crippen molar-refractivity contribution in [2.45, 2.75) is 84.6 Å². The maximum atomic E-state index is 12.5. The first-order valence-corrected chi connectivity index (χ1v) is 16.8. The van der Waals surface area contributed by atoms with Gasteiger partial charge in [0.1, 0.15) is 17.6 Å². The molecule has 0 aliphatic heterocycles. The molecule has 0 spiro atoms. The molecule has 0 aliphatic carbocycles. The van der Waals surface area contributed by atoms with E-state index in [0.29, 0.717) is 38.4 Å². The van der Waals surface area contributed by atoms with Gasteiger partial charge in [0.05, 0.1) is 40.1 Å². The Bertz CT molecular complexity index is 1060. The zero-order valence-electron chi connectivity index (χ0n) is 25.7. The Kier molecular flexibility index (Phi) is 13.4. The van der Waals surface area contributed by atoms with Crippen LogP contribution in [0.25, 0.3) is 0 Å². The third-order valence-corrected chi connectivity index (χ3v) is 11.8. The molecule has 0 aromatic heterocycles. The van der Waals surface area contributed by atoms with Crippen molar-refractivity contribution < 1.29 is 32.9 Å². The number of methoxy groups -OCH3 is 2. The summed E-state index contributed by atoms with van der Waals surface area (Å²) < 4.78 is 35.2. The molecule has 0 amide bonds. The lowest BCUT2D eigenvalue weighted by atomic mass is 10.1. The number of carbonyl (C=O) groups excluding carboxylic acids is 1. The van der Waals surface area contributed by atoms with Gasteiger partial charge in [-0.05, 0) is 79.9 Å². The van der Waals surface area contributed by atoms with Crippen molar-refractivity contribution in [2.75, 3.05) is 27.4 Å². The summed E-state index contributed by atoms with van der Waals surface area (Å²) in [4.78, 5) is 12.5. The second-order valence-corrected chi connectivity index (χ2v) is 16.1. The average Bonchev–Trinajstić information content (AvgIpc) is 2.92. The number of hydrogen-bond donors (Lipinski definition) is 0. The lowest BCUT2D eigenvalue weighted by molar-refractivity contribution is -0.138. The van der Waals surface area contributed by atoms with Crippen molar-refractivity contribution in [3.05, 3.63) is 71.3 Å². The monoisotopic (exact) mass is 572 g/mol. The fourth-order valence-corrected chi connectivity index (χ4v) is 4.71. The highest BCUT2D eigenvalue weighted by Crippen LogP contribution is 2.36. The molecule has 0 saturated heterocycles. The molecular formula is C32H48O7Si. The molecule has 0 fully saturated rings. The number of esters is 1. The van der Waals surface area contributed by atoms with Crippen LogP contribution in [-0.2, 0) is 36.6 Å². The highest BCUT2D eigenvalue weighted by Gasteiger charge is 2.37. The number of hydrogen-bond acceptors (Lipinski definition) is 7. The molecule has 2 rings (SSSR count). The molecule has 7 nitrogen and oxygen atoms in total. The van der Waals surface area contributed by atoms with E-state index in [1.54, 1.807) is 28.1 Å². The number of carbonyl (C=O) groups is 1. The van der Waals surface area contributed by atoms with Crippen molar-refractivity contribution in [3.8, 4) is 11.5 Å². The Labute approximate surface area is 241 Å². The zero-order valence-corrected chi connectivity index (χ0v) is 26.7. The van der Waals surface area contributed by atoms with Crippen LogP contribution in [0.1, 0.15) is 52.2 Å². The minimum Gasteiger partial charge on any atom is -0.497 e. The van der Waals surface area contributed by atoms with Gasteiger partial charge in [-0.2, -0.15) is 0 Å². The molecule has 8 heteroatoms. The largest absolute Gasteiger partial charge is 0.497 e. The van der Waals surface area contributed by atoms with Crippen LogP contribution in [0.5, 0.6) is 11.5 Å². The number of benzene rings is 2. The van der Waals surface area contributed by atoms with Crippen molar-refractivity contribution in [1.29, 1.82) is 0 Å². The topological polar surface area (TPSA) is 72.5 Å². The van der Waals surface area contributed by atoms with E-state index in [-0.39, 0.29) is 17.1 Å². The van der Waals surface area contributed by atoms with E-state index in [1.165, 1.54) is 0 Å². The van der Waals surface area contributed by atoms with Crippen LogP contribution in [0.3, 0.4) is 0 Å². The van der Waals surface area contributed by atoms with Gasteiger partial charge >= 0.3 is 5.97 Å². The van der Waals surface area contributed by atoms with Crippen molar-refractivity contribution in [1.82, 2.24) is 0 Å². The van der Waals surface area contributed by atoms with Crippen LogP contribution in [-0.4, -0.2) is 53.9 Å². The Morgan fingerprint density at radius 3 is 1.82 bits per heavy atom. The summed E-state index contributed by atoms with van der Waals surface area (Å²) in [5.74, 6) is 1.20. The smallest absolute Gasteiger partial charge is 0.333 e. The van der Waals surface area contributed by atoms with Gasteiger partial charge in [0.2, 0.25) is 0 Å². The third kappa shape index (κ3) is 10.7. The van der Waals surface area contributed by atoms with Crippen LogP contribution in [0, 0.1) is 0 Å². The highest BCUT2D eigenvalue weighted by molar-refractivity contribution is 6.74. The molecule has 0 heterocycles. The lowest BCUT2D eigenvalue weighted by Crippen LogP contribution is -2.42. The molecular weight excluding hydrogens is 524 g/mol. The van der Waals surface area contributed by atoms with Crippen LogP contribution in [0.4, 0.5) is 0 Å². The highest BCUT2D eigenvalue weighted by atomic mass is 28.4. The van der Waals surface area contributed by atoms with Gasteiger partial charge in [-0.15, -0.1) is 0 Å². The second-order valence-electron chi connectivity index (χ2n) is 11.3. The van der Waals surface area contributed by atoms with Crippen molar-refractivity contribution in [3.63, 3.8) is 0 Å². The lowest BCUT2D eigenvalue weighted by Gasteiger charge is -2.37. The summed E-state index contributed by atoms with van der Waals surface area (Å²) in [5, 5.41) is 0.0944. The predicted molar refractivity (Wildman–Crippen MR) is 161 cm³/mol. The van der Waals surface area contributed by atoms with Crippen LogP contribution < -0.4 is 9.47 Å². The first-order chi connectivity index (χ1) is 18.9. The Balaban J connectivity index is 2.31. The summed E-state index contributed by atoms with van der Waals surface area (Å²) >= 11 is 0. The molecule has 2 atom stereocenters. The minimum atomic E-state index is -1.96. The molecule has 222 valence electrons. The Morgan fingerprint density at radius 2 is 1.38 bits per heavy atom. The molecule has 2 aromatic carbocycles. The van der Waals surface area contributed by atoms with E-state index in [1.807, 2.05) is 54.6 Å². The quantitative estimate of drug-likeness (QED) is 0.121. The SMILES string of the molecule is CCOC(=O)/C(C)=C/[C@@H](OCc1ccc(OC)cc1)[C@@H](CCO[Si](C)(C)C(C)(C)C)OCc1ccc(OC)cc1. The summed E-state index contributed by atoms with van der Waals surface area (Å²) in [5.41, 5.74) is 2.47. The van der Waals surface area contributed by atoms with Gasteiger partial charge in [-0.25, -0.2) is 4.79 Å². The van der Waals surface area contributed by atoms with E-state index >= 15 is 0 Å². The maximum Gasteiger partial charge on any atom is 0.333 e. The summed E-state index contributed by atoms with van der Waals surface area (Å²) in [6, 6.07) is 15.5. The van der Waals surface area contributed by atoms with E-state index in [9.17, 15) is 4.79 Å². The zero-order chi connectivity index (χ0) is 29.8. The fraction of sp³-hybridized carbons (Fsp3) is 0.531. The standard InChI is InChI=1S/C32H48O7Si/c1-10-36-31(33)24(2)21-30(38-23-26-13-17-28(35-7)18-14-26)29(19-20-39-40(8,9)32(3,4)5)37-22-25-11-15-27(34-6)16-12-25/h11-18,21,29-30H,10,19-20,22-23H2,1-9H3/b24-21+/t29-,30-/m1/s1. The van der Waals surface area contributed by atoms with Crippen LogP contribution in [0.15, 0.2) is 60.2 Å². The van der Waals surface area contributed by atoms with Crippen molar-refractivity contribution >= 4 is 14.3 Å². The van der Waals surface area contributed by atoms with E-state index in [0.717, 1.165) is 22.6 Å². The molecule has 0 bridgehead atoms. The molecule has 0 radical (unpaired) electrons. The van der Waals surface area contributed by atoms with Crippen molar-refractivity contribution in [2.24, 2.45) is 0 Å². The fourth-order valence-electron chi connectivity index (χ4n) is 3.65. The molecule has 0 aliphatic rings. The first-order valence-electron chi connectivity index (χ1n) is 13.9. The number of ether oxygens (including phenoxy) is 5. The molecule has 2 aromatic rings. The Morgan fingerprint density at radius 1 is 0.875 bits per heavy atom. The Hall–Kier alpha value is -2.65. The molecule has 0 unspecified atom stereocenters. The maximum absolute atomic E-state index is 12.5.